The van der Waals surface area contributed by atoms with E-state index < -0.39 is 17.8 Å². The largest absolute Gasteiger partial charge is 0.440 e. The van der Waals surface area contributed by atoms with Gasteiger partial charge in [-0.15, -0.1) is 0 Å². The lowest BCUT2D eigenvalue weighted by atomic mass is 10.1. The molecule has 2 N–H and O–H groups in total. The van der Waals surface area contributed by atoms with Crippen LogP contribution in [0, 0.1) is 0 Å². The number of anilines is 1. The van der Waals surface area contributed by atoms with E-state index in [4.69, 9.17) is 4.42 Å². The molecule has 0 aliphatic carbocycles. The molecule has 1 aromatic heterocycles. The predicted octanol–water partition coefficient (Wildman–Crippen LogP) is 0.857. The van der Waals surface area contributed by atoms with Crippen LogP contribution in [0.15, 0.2) is 20.5 Å². The van der Waals surface area contributed by atoms with Crippen LogP contribution in [0.2, 0.25) is 0 Å². The van der Waals surface area contributed by atoms with Gasteiger partial charge in [0.05, 0.1) is 4.47 Å². The quantitative estimate of drug-likeness (QED) is 0.621. The van der Waals surface area contributed by atoms with E-state index in [1.54, 1.807) is 25.1 Å². The van der Waals surface area contributed by atoms with Crippen molar-refractivity contribution in [2.45, 2.75) is 0 Å². The van der Waals surface area contributed by atoms with Crippen LogP contribution in [-0.2, 0) is 9.59 Å². The van der Waals surface area contributed by atoms with E-state index >= 15 is 0 Å². The number of urea groups is 1. The van der Waals surface area contributed by atoms with E-state index in [0.717, 1.165) is 0 Å². The number of imide groups is 2. The van der Waals surface area contributed by atoms with Crippen LogP contribution in [0.3, 0.4) is 0 Å². The smallest absolute Gasteiger partial charge is 0.328 e. The lowest BCUT2D eigenvalue weighted by Gasteiger charge is -2.13. The minimum atomic E-state index is -0.832. The minimum Gasteiger partial charge on any atom is -0.440 e. The molecule has 1 saturated heterocycles. The summed E-state index contributed by atoms with van der Waals surface area (Å²) >= 11 is 3.30. The highest BCUT2D eigenvalue weighted by Gasteiger charge is 2.28. The monoisotopic (exact) mass is 327 g/mol. The maximum Gasteiger partial charge on any atom is 0.328 e. The van der Waals surface area contributed by atoms with Gasteiger partial charge in [0.1, 0.15) is 11.3 Å². The molecule has 19 heavy (non-hydrogen) atoms. The molecule has 0 saturated carbocycles. The first kappa shape index (κ1) is 13.3. The summed E-state index contributed by atoms with van der Waals surface area (Å²) in [5.41, 5.74) is -0.189. The van der Waals surface area contributed by atoms with E-state index in [1.807, 2.05) is 10.6 Å². The van der Waals surface area contributed by atoms with Crippen LogP contribution < -0.4 is 15.5 Å². The van der Waals surface area contributed by atoms with Gasteiger partial charge in [0.2, 0.25) is 5.88 Å². The van der Waals surface area contributed by atoms with Crippen molar-refractivity contribution in [2.75, 3.05) is 19.0 Å². The Morgan fingerprint density at radius 1 is 1.21 bits per heavy atom. The van der Waals surface area contributed by atoms with Gasteiger partial charge in [-0.1, -0.05) is 0 Å². The van der Waals surface area contributed by atoms with E-state index in [-0.39, 0.29) is 5.57 Å². The number of furan rings is 1. The summed E-state index contributed by atoms with van der Waals surface area (Å²) < 4.78 is 6.15. The minimum absolute atomic E-state index is 0.189. The van der Waals surface area contributed by atoms with Crippen molar-refractivity contribution in [1.29, 1.82) is 0 Å². The Labute approximate surface area is 116 Å². The molecule has 0 unspecified atom stereocenters. The molecular weight excluding hydrogens is 318 g/mol. The fourth-order valence-electron chi connectivity index (χ4n) is 1.50. The van der Waals surface area contributed by atoms with Crippen LogP contribution in [0.4, 0.5) is 10.7 Å². The lowest BCUT2D eigenvalue weighted by molar-refractivity contribution is -0.123. The molecule has 1 aliphatic heterocycles. The van der Waals surface area contributed by atoms with Gasteiger partial charge in [0.15, 0.2) is 0 Å². The zero-order valence-electron chi connectivity index (χ0n) is 10.1. The molecule has 4 amide bonds. The van der Waals surface area contributed by atoms with Crippen molar-refractivity contribution < 1.29 is 18.8 Å². The molecule has 100 valence electrons. The zero-order chi connectivity index (χ0) is 14.2. The van der Waals surface area contributed by atoms with Crippen LogP contribution in [0.5, 0.6) is 0 Å². The number of nitrogens with zero attached hydrogens (tertiary/aromatic N) is 1. The van der Waals surface area contributed by atoms with Crippen molar-refractivity contribution >= 4 is 45.7 Å². The van der Waals surface area contributed by atoms with E-state index in [0.29, 0.717) is 16.1 Å². The molecule has 0 spiro atoms. The first-order valence-electron chi connectivity index (χ1n) is 5.23. The van der Waals surface area contributed by atoms with Crippen LogP contribution in [0.1, 0.15) is 5.76 Å². The lowest BCUT2D eigenvalue weighted by Crippen LogP contribution is -2.51. The Morgan fingerprint density at radius 3 is 2.26 bits per heavy atom. The summed E-state index contributed by atoms with van der Waals surface area (Å²) in [5.74, 6) is -0.634. The van der Waals surface area contributed by atoms with Crippen LogP contribution in [0.25, 0.3) is 6.08 Å². The van der Waals surface area contributed by atoms with Gasteiger partial charge in [-0.3, -0.25) is 20.2 Å². The third-order valence-corrected chi connectivity index (χ3v) is 2.89. The standard InChI is InChI=1S/C11H10BrN3O4/c1-15(2)10-7(12)4-5(19-10)3-6-8(16)13-11(18)14-9(6)17/h3-4H,1-2H3,(H2,13,14,16,17,18). The van der Waals surface area contributed by atoms with Crippen LogP contribution in [-0.4, -0.2) is 31.9 Å². The van der Waals surface area contributed by atoms with E-state index in [1.165, 1.54) is 6.08 Å². The summed E-state index contributed by atoms with van der Waals surface area (Å²) in [6.07, 6.45) is 1.27. The van der Waals surface area contributed by atoms with Gasteiger partial charge < -0.3 is 9.32 Å². The Kier molecular flexibility index (Phi) is 3.43. The molecule has 8 heteroatoms. The van der Waals surface area contributed by atoms with Gasteiger partial charge in [-0.25, -0.2) is 4.79 Å². The van der Waals surface area contributed by atoms with Gasteiger partial charge in [0, 0.05) is 20.2 Å². The molecule has 1 fully saturated rings. The van der Waals surface area contributed by atoms with E-state index in [2.05, 4.69) is 15.9 Å². The summed E-state index contributed by atoms with van der Waals surface area (Å²) in [5, 5.41) is 3.96. The number of barbiturate groups is 1. The van der Waals surface area contributed by atoms with Crippen molar-refractivity contribution in [3.8, 4) is 0 Å². The average Bonchev–Trinajstić information content (AvgIpc) is 2.65. The number of carbonyl (C=O) groups excluding carboxylic acids is 3. The second-order valence-corrected chi connectivity index (χ2v) is 4.85. The van der Waals surface area contributed by atoms with Gasteiger partial charge >= 0.3 is 6.03 Å². The fourth-order valence-corrected chi connectivity index (χ4v) is 2.16. The van der Waals surface area contributed by atoms with E-state index in [9.17, 15) is 14.4 Å². The normalized spacial score (nSPS) is 15.1. The highest BCUT2D eigenvalue weighted by atomic mass is 79.9. The number of hydrogen-bond donors (Lipinski definition) is 2. The molecule has 0 radical (unpaired) electrons. The Morgan fingerprint density at radius 2 is 1.79 bits per heavy atom. The predicted molar refractivity (Wildman–Crippen MR) is 70.4 cm³/mol. The maximum atomic E-state index is 11.5. The SMILES string of the molecule is CN(C)c1oc(C=C2C(=O)NC(=O)NC2=O)cc1Br. The third-order valence-electron chi connectivity index (χ3n) is 2.32. The first-order chi connectivity index (χ1) is 8.88. The van der Waals surface area contributed by atoms with Crippen LogP contribution >= 0.6 is 15.9 Å². The Balaban J connectivity index is 2.35. The second-order valence-electron chi connectivity index (χ2n) is 3.99. The zero-order valence-corrected chi connectivity index (χ0v) is 11.7. The molecule has 1 aliphatic rings. The summed E-state index contributed by atoms with van der Waals surface area (Å²) in [7, 11) is 3.58. The van der Waals surface area contributed by atoms with Gasteiger partial charge in [-0.2, -0.15) is 0 Å². The topological polar surface area (TPSA) is 91.7 Å². The maximum absolute atomic E-state index is 11.5. The fraction of sp³-hybridized carbons (Fsp3) is 0.182. The molecule has 1 aromatic rings. The van der Waals surface area contributed by atoms with Crippen molar-refractivity contribution in [2.24, 2.45) is 0 Å². The number of nitrogens with one attached hydrogen (secondary N) is 2. The van der Waals surface area contributed by atoms with Crippen molar-refractivity contribution in [3.63, 3.8) is 0 Å². The highest BCUT2D eigenvalue weighted by Crippen LogP contribution is 2.30. The number of amides is 4. The molecule has 0 aromatic carbocycles. The summed E-state index contributed by atoms with van der Waals surface area (Å²) in [6, 6.07) is 0.793. The molecule has 2 heterocycles. The van der Waals surface area contributed by atoms with Gasteiger partial charge in [-0.05, 0) is 22.0 Å². The number of rotatable bonds is 2. The molecule has 2 rings (SSSR count). The Hall–Kier alpha value is -2.09. The number of carbonyl (C=O) groups is 3. The molecule has 0 atom stereocenters. The average molecular weight is 328 g/mol. The summed E-state index contributed by atoms with van der Waals surface area (Å²) in [6.45, 7) is 0. The van der Waals surface area contributed by atoms with Crippen molar-refractivity contribution in [3.05, 3.63) is 21.9 Å². The second kappa shape index (κ2) is 4.88. The van der Waals surface area contributed by atoms with Gasteiger partial charge in [0.25, 0.3) is 11.8 Å². The Bertz CT molecular complexity index is 581. The number of hydrogen-bond acceptors (Lipinski definition) is 5. The molecule has 7 nitrogen and oxygen atoms in total. The molecule has 0 bridgehead atoms. The van der Waals surface area contributed by atoms with Crippen molar-refractivity contribution in [1.82, 2.24) is 10.6 Å². The molecular formula is C11H10BrN3O4. The third kappa shape index (κ3) is 2.68. The highest BCUT2D eigenvalue weighted by molar-refractivity contribution is 9.10. The number of halogens is 1. The first-order valence-corrected chi connectivity index (χ1v) is 6.03. The summed E-state index contributed by atoms with van der Waals surface area (Å²) in [4.78, 5) is 35.7.